The van der Waals surface area contributed by atoms with Crippen LogP contribution in [-0.2, 0) is 0 Å². The maximum absolute atomic E-state index is 3.75. The lowest BCUT2D eigenvalue weighted by atomic mass is 10.3. The molecule has 0 spiro atoms. The molecule has 1 rings (SSSR count). The van der Waals surface area contributed by atoms with Crippen molar-refractivity contribution in [1.82, 2.24) is 0 Å². The zero-order valence-electron chi connectivity index (χ0n) is 3.52. The molecular weight excluding hydrogens is 74.1 g/mol. The Kier molecular flexibility index (Phi) is 1.05. The lowest BCUT2D eigenvalue weighted by Crippen LogP contribution is -1.75. The fourth-order valence-electron chi connectivity index (χ4n) is 0.392. The molecule has 0 aromatic heterocycles. The Morgan fingerprint density at radius 2 is 2.67 bits per heavy atom. The summed E-state index contributed by atoms with van der Waals surface area (Å²) in [6, 6.07) is 0. The molecule has 1 aliphatic rings. The monoisotopic (exact) mass is 80.1 g/mol. The number of rotatable bonds is 0. The first kappa shape index (κ1) is 3.59. The van der Waals surface area contributed by atoms with Crippen LogP contribution in [0, 0.1) is 0 Å². The lowest BCUT2D eigenvalue weighted by Gasteiger charge is -1.86. The molecule has 0 bridgehead atoms. The van der Waals surface area contributed by atoms with Crippen molar-refractivity contribution in [3.8, 4) is 0 Å². The van der Waals surface area contributed by atoms with Crippen LogP contribution in [0.15, 0.2) is 17.3 Å². The van der Waals surface area contributed by atoms with Gasteiger partial charge in [-0.25, -0.2) is 0 Å². The SMILES string of the molecule is [C]1=NC=CCC1. The Morgan fingerprint density at radius 1 is 1.67 bits per heavy atom. The number of aliphatic imine (C=N–C) groups is 1. The summed E-state index contributed by atoms with van der Waals surface area (Å²) in [5.41, 5.74) is 0. The van der Waals surface area contributed by atoms with Crippen molar-refractivity contribution < 1.29 is 0 Å². The van der Waals surface area contributed by atoms with Gasteiger partial charge in [-0.1, -0.05) is 6.08 Å². The predicted molar refractivity (Wildman–Crippen MR) is 25.8 cm³/mol. The third-order valence-electron chi connectivity index (χ3n) is 0.694. The molecule has 0 saturated carbocycles. The molecular formula is C5H6N. The Morgan fingerprint density at radius 3 is 2.83 bits per heavy atom. The van der Waals surface area contributed by atoms with E-state index in [0.29, 0.717) is 0 Å². The van der Waals surface area contributed by atoms with Gasteiger partial charge in [-0.05, 0) is 12.8 Å². The van der Waals surface area contributed by atoms with E-state index in [9.17, 15) is 0 Å². The van der Waals surface area contributed by atoms with Crippen LogP contribution in [0.5, 0.6) is 0 Å². The second-order valence-corrected chi connectivity index (χ2v) is 1.21. The van der Waals surface area contributed by atoms with Crippen LogP contribution in [0.25, 0.3) is 0 Å². The summed E-state index contributed by atoms with van der Waals surface area (Å²) >= 11 is 0. The van der Waals surface area contributed by atoms with Gasteiger partial charge >= 0.3 is 0 Å². The van der Waals surface area contributed by atoms with E-state index < -0.39 is 0 Å². The Bertz CT molecular complexity index is 69.9. The van der Waals surface area contributed by atoms with Gasteiger partial charge in [0.1, 0.15) is 0 Å². The molecule has 0 atom stereocenters. The van der Waals surface area contributed by atoms with Gasteiger partial charge in [0, 0.05) is 6.20 Å². The zero-order chi connectivity index (χ0) is 4.24. The summed E-state index contributed by atoms with van der Waals surface area (Å²) < 4.78 is 0. The average molecular weight is 80.1 g/mol. The normalized spacial score (nSPS) is 18.7. The van der Waals surface area contributed by atoms with Gasteiger partial charge in [0.2, 0.25) is 0 Å². The standard InChI is InChI=1S/C5H6N/c1-2-4-6-5-3-1/h2,4H,1,3H2. The number of hydrogen-bond donors (Lipinski definition) is 0. The highest BCUT2D eigenvalue weighted by Gasteiger charge is 1.79. The van der Waals surface area contributed by atoms with E-state index in [0.717, 1.165) is 12.8 Å². The number of nitrogens with zero attached hydrogens (tertiary/aromatic N) is 1. The van der Waals surface area contributed by atoms with Crippen molar-refractivity contribution in [3.05, 3.63) is 12.3 Å². The van der Waals surface area contributed by atoms with Crippen molar-refractivity contribution in [1.29, 1.82) is 0 Å². The first-order chi connectivity index (χ1) is 3.00. The maximum Gasteiger partial charge on any atom is 0.0621 e. The van der Waals surface area contributed by atoms with Crippen LogP contribution < -0.4 is 0 Å². The van der Waals surface area contributed by atoms with Crippen molar-refractivity contribution in [2.45, 2.75) is 12.8 Å². The van der Waals surface area contributed by atoms with Crippen molar-refractivity contribution in [2.24, 2.45) is 4.99 Å². The second kappa shape index (κ2) is 1.75. The fourth-order valence-corrected chi connectivity index (χ4v) is 0.392. The minimum Gasteiger partial charge on any atom is -0.260 e. The number of hydrogen-bond acceptors (Lipinski definition) is 1. The molecule has 1 nitrogen and oxygen atoms in total. The molecule has 0 aliphatic carbocycles. The summed E-state index contributed by atoms with van der Waals surface area (Å²) in [6.45, 7) is 0. The third kappa shape index (κ3) is 0.677. The summed E-state index contributed by atoms with van der Waals surface area (Å²) in [5, 5.41) is 0. The first-order valence-corrected chi connectivity index (χ1v) is 2.08. The molecule has 0 N–H and O–H groups in total. The van der Waals surface area contributed by atoms with Gasteiger partial charge in [-0.15, -0.1) is 0 Å². The molecule has 1 heteroatoms. The molecule has 0 aromatic carbocycles. The molecule has 0 amide bonds. The topological polar surface area (TPSA) is 12.4 Å². The molecule has 0 saturated heterocycles. The van der Waals surface area contributed by atoms with Crippen molar-refractivity contribution in [2.75, 3.05) is 0 Å². The highest BCUT2D eigenvalue weighted by molar-refractivity contribution is 5.59. The van der Waals surface area contributed by atoms with Crippen LogP contribution >= 0.6 is 0 Å². The van der Waals surface area contributed by atoms with Gasteiger partial charge in [-0.2, -0.15) is 0 Å². The van der Waals surface area contributed by atoms with E-state index in [4.69, 9.17) is 0 Å². The summed E-state index contributed by atoms with van der Waals surface area (Å²) in [5.74, 6) is 0. The molecule has 1 aliphatic heterocycles. The lowest BCUT2D eigenvalue weighted by molar-refractivity contribution is 1.08. The van der Waals surface area contributed by atoms with Crippen LogP contribution in [0.3, 0.4) is 0 Å². The van der Waals surface area contributed by atoms with E-state index in [1.54, 1.807) is 6.20 Å². The highest BCUT2D eigenvalue weighted by atomic mass is 14.7. The minimum absolute atomic E-state index is 0.997. The van der Waals surface area contributed by atoms with Gasteiger partial charge in [0.15, 0.2) is 0 Å². The third-order valence-corrected chi connectivity index (χ3v) is 0.694. The van der Waals surface area contributed by atoms with E-state index in [-0.39, 0.29) is 0 Å². The average Bonchev–Trinajstić information content (AvgIpc) is 1.72. The molecule has 1 radical (unpaired) electrons. The van der Waals surface area contributed by atoms with Crippen LogP contribution in [0.4, 0.5) is 0 Å². The first-order valence-electron chi connectivity index (χ1n) is 2.08. The maximum atomic E-state index is 3.75. The van der Waals surface area contributed by atoms with Gasteiger partial charge in [-0.3, -0.25) is 4.99 Å². The Balaban J connectivity index is 2.46. The molecule has 6 heavy (non-hydrogen) atoms. The summed E-state index contributed by atoms with van der Waals surface area (Å²) in [6.07, 6.45) is 8.75. The molecule has 0 unspecified atom stereocenters. The van der Waals surface area contributed by atoms with Gasteiger partial charge < -0.3 is 0 Å². The quantitative estimate of drug-likeness (QED) is 0.415. The van der Waals surface area contributed by atoms with Crippen LogP contribution in [-0.4, -0.2) is 6.21 Å². The highest BCUT2D eigenvalue weighted by Crippen LogP contribution is 1.92. The smallest absolute Gasteiger partial charge is 0.0621 e. The van der Waals surface area contributed by atoms with Crippen molar-refractivity contribution >= 4 is 6.21 Å². The fraction of sp³-hybridized carbons (Fsp3) is 0.400. The molecule has 31 valence electrons. The van der Waals surface area contributed by atoms with Crippen molar-refractivity contribution in [3.63, 3.8) is 0 Å². The van der Waals surface area contributed by atoms with Gasteiger partial charge in [0.05, 0.1) is 6.21 Å². The van der Waals surface area contributed by atoms with Gasteiger partial charge in [0.25, 0.3) is 0 Å². The predicted octanol–water partition coefficient (Wildman–Crippen LogP) is 1.24. The summed E-state index contributed by atoms with van der Waals surface area (Å²) in [4.78, 5) is 3.75. The van der Waals surface area contributed by atoms with E-state index in [2.05, 4.69) is 11.2 Å². The Hall–Kier alpha value is -0.590. The largest absolute Gasteiger partial charge is 0.260 e. The second-order valence-electron chi connectivity index (χ2n) is 1.21. The number of allylic oxidation sites excluding steroid dienone is 1. The summed E-state index contributed by atoms with van der Waals surface area (Å²) in [7, 11) is 0. The van der Waals surface area contributed by atoms with E-state index in [1.807, 2.05) is 6.08 Å². The molecule has 1 heterocycles. The van der Waals surface area contributed by atoms with E-state index in [1.165, 1.54) is 0 Å². The minimum atomic E-state index is 0.997. The van der Waals surface area contributed by atoms with Crippen LogP contribution in [0.2, 0.25) is 0 Å². The Labute approximate surface area is 37.4 Å². The molecule has 0 fully saturated rings. The van der Waals surface area contributed by atoms with Crippen LogP contribution in [0.1, 0.15) is 12.8 Å². The van der Waals surface area contributed by atoms with E-state index >= 15 is 0 Å². The zero-order valence-corrected chi connectivity index (χ0v) is 3.52. The molecule has 0 aromatic rings.